The predicted octanol–water partition coefficient (Wildman–Crippen LogP) is 0.800. The predicted molar refractivity (Wildman–Crippen MR) is 70.8 cm³/mol. The Morgan fingerprint density at radius 1 is 1.26 bits per heavy atom. The Kier molecular flexibility index (Phi) is 5.31. The molecule has 0 aromatic heterocycles. The fourth-order valence-corrected chi connectivity index (χ4v) is 2.45. The third-order valence-corrected chi connectivity index (χ3v) is 3.88. The van der Waals surface area contributed by atoms with Crippen molar-refractivity contribution in [1.82, 2.24) is 5.32 Å². The summed E-state index contributed by atoms with van der Waals surface area (Å²) < 4.78 is 0. The second-order valence-electron chi connectivity index (χ2n) is 6.18. The molecule has 0 aromatic rings. The van der Waals surface area contributed by atoms with E-state index in [4.69, 9.17) is 15.9 Å². The summed E-state index contributed by atoms with van der Waals surface area (Å²) in [5, 5.41) is 20.9. The van der Waals surface area contributed by atoms with Gasteiger partial charge in [-0.25, -0.2) is 0 Å². The van der Waals surface area contributed by atoms with E-state index in [9.17, 15) is 9.59 Å². The summed E-state index contributed by atoms with van der Waals surface area (Å²) in [6.07, 6.45) is 3.83. The van der Waals surface area contributed by atoms with Crippen molar-refractivity contribution in [1.29, 1.82) is 0 Å². The van der Waals surface area contributed by atoms with Crippen molar-refractivity contribution in [3.05, 3.63) is 0 Å². The van der Waals surface area contributed by atoms with E-state index in [2.05, 4.69) is 19.2 Å². The van der Waals surface area contributed by atoms with Gasteiger partial charge >= 0.3 is 11.9 Å². The molecule has 1 fully saturated rings. The molecule has 0 bridgehead atoms. The van der Waals surface area contributed by atoms with Crippen LogP contribution in [0.3, 0.4) is 0 Å². The zero-order valence-corrected chi connectivity index (χ0v) is 11.6. The van der Waals surface area contributed by atoms with Gasteiger partial charge in [0.05, 0.1) is 0 Å². The molecule has 0 amide bonds. The maximum Gasteiger partial charge on any atom is 0.320 e. The number of nitrogens with two attached hydrogens (primary N) is 1. The van der Waals surface area contributed by atoms with Crippen molar-refractivity contribution in [2.75, 3.05) is 0 Å². The number of hydrogen-bond acceptors (Lipinski definition) is 4. The number of carboxylic acids is 2. The van der Waals surface area contributed by atoms with E-state index in [1.54, 1.807) is 0 Å². The highest BCUT2D eigenvalue weighted by molar-refractivity contribution is 5.77. The molecule has 0 radical (unpaired) electrons. The smallest absolute Gasteiger partial charge is 0.320 e. The minimum absolute atomic E-state index is 0.0927. The Morgan fingerprint density at radius 2 is 1.79 bits per heavy atom. The van der Waals surface area contributed by atoms with Gasteiger partial charge in [-0.05, 0) is 37.5 Å². The molecular formula is C13H24N2O4. The highest BCUT2D eigenvalue weighted by atomic mass is 16.4. The highest BCUT2D eigenvalue weighted by Gasteiger charge is 2.31. The second kappa shape index (κ2) is 6.34. The second-order valence-corrected chi connectivity index (χ2v) is 6.18. The van der Waals surface area contributed by atoms with E-state index < -0.39 is 24.0 Å². The van der Waals surface area contributed by atoms with E-state index in [0.29, 0.717) is 5.41 Å². The van der Waals surface area contributed by atoms with Crippen LogP contribution >= 0.6 is 0 Å². The minimum atomic E-state index is -1.17. The van der Waals surface area contributed by atoms with Crippen LogP contribution in [-0.4, -0.2) is 40.3 Å². The van der Waals surface area contributed by atoms with Crippen molar-refractivity contribution in [3.63, 3.8) is 0 Å². The van der Waals surface area contributed by atoms with Crippen molar-refractivity contribution in [3.8, 4) is 0 Å². The molecule has 5 N–H and O–H groups in total. The lowest BCUT2D eigenvalue weighted by Crippen LogP contribution is -2.49. The summed E-state index contributed by atoms with van der Waals surface area (Å²) in [6, 6.07) is -1.90. The van der Waals surface area contributed by atoms with Gasteiger partial charge in [0.15, 0.2) is 0 Å². The number of carboxylic acid groups (broad SMARTS) is 2. The lowest BCUT2D eigenvalue weighted by molar-refractivity contribution is -0.141. The zero-order chi connectivity index (χ0) is 14.6. The van der Waals surface area contributed by atoms with E-state index in [1.807, 2.05) is 0 Å². The summed E-state index contributed by atoms with van der Waals surface area (Å²) in [6.45, 7) is 4.41. The van der Waals surface area contributed by atoms with Crippen molar-refractivity contribution < 1.29 is 19.8 Å². The van der Waals surface area contributed by atoms with Crippen LogP contribution in [0.1, 0.15) is 46.0 Å². The Bertz CT molecular complexity index is 334. The van der Waals surface area contributed by atoms with Crippen LogP contribution in [-0.2, 0) is 9.59 Å². The minimum Gasteiger partial charge on any atom is -0.480 e. The van der Waals surface area contributed by atoms with Crippen LogP contribution in [0, 0.1) is 5.41 Å². The molecule has 6 nitrogen and oxygen atoms in total. The molecule has 0 saturated heterocycles. The molecule has 110 valence electrons. The average Bonchev–Trinajstić information content (AvgIpc) is 2.30. The zero-order valence-electron chi connectivity index (χ0n) is 11.6. The Morgan fingerprint density at radius 3 is 2.21 bits per heavy atom. The molecule has 1 saturated carbocycles. The SMILES string of the molecule is CC1(C)CCC(N[C@@H](CC(N)C(=O)O)C(=O)O)CC1. The van der Waals surface area contributed by atoms with E-state index in [0.717, 1.165) is 25.7 Å². The van der Waals surface area contributed by atoms with Crippen LogP contribution in [0.25, 0.3) is 0 Å². The summed E-state index contributed by atoms with van der Waals surface area (Å²) in [7, 11) is 0. The van der Waals surface area contributed by atoms with Crippen LogP contribution in [0.4, 0.5) is 0 Å². The van der Waals surface area contributed by atoms with E-state index >= 15 is 0 Å². The number of aliphatic carboxylic acids is 2. The highest BCUT2D eigenvalue weighted by Crippen LogP contribution is 2.35. The molecule has 6 heteroatoms. The van der Waals surface area contributed by atoms with Gasteiger partial charge in [-0.1, -0.05) is 13.8 Å². The summed E-state index contributed by atoms with van der Waals surface area (Å²) in [5.74, 6) is -2.21. The van der Waals surface area contributed by atoms with Gasteiger partial charge in [0.2, 0.25) is 0 Å². The first-order valence-corrected chi connectivity index (χ1v) is 6.68. The molecule has 1 rings (SSSR count). The van der Waals surface area contributed by atoms with Gasteiger partial charge in [-0.15, -0.1) is 0 Å². The quantitative estimate of drug-likeness (QED) is 0.569. The lowest BCUT2D eigenvalue weighted by atomic mass is 9.75. The van der Waals surface area contributed by atoms with Crippen LogP contribution in [0.5, 0.6) is 0 Å². The molecular weight excluding hydrogens is 248 g/mol. The maximum atomic E-state index is 11.1. The maximum absolute atomic E-state index is 11.1. The number of hydrogen-bond donors (Lipinski definition) is 4. The first-order valence-electron chi connectivity index (χ1n) is 6.68. The third kappa shape index (κ3) is 5.16. The number of carbonyl (C=O) groups is 2. The van der Waals surface area contributed by atoms with Crippen molar-refractivity contribution in [2.45, 2.75) is 64.1 Å². The fourth-order valence-electron chi connectivity index (χ4n) is 2.45. The first-order chi connectivity index (χ1) is 8.71. The van der Waals surface area contributed by atoms with Crippen LogP contribution < -0.4 is 11.1 Å². The van der Waals surface area contributed by atoms with Crippen molar-refractivity contribution in [2.24, 2.45) is 11.1 Å². The summed E-state index contributed by atoms with van der Waals surface area (Å²) in [4.78, 5) is 21.8. The van der Waals surface area contributed by atoms with Gasteiger partial charge in [-0.2, -0.15) is 0 Å². The normalized spacial score (nSPS) is 22.7. The largest absolute Gasteiger partial charge is 0.480 e. The average molecular weight is 272 g/mol. The van der Waals surface area contributed by atoms with Crippen molar-refractivity contribution >= 4 is 11.9 Å². The molecule has 1 unspecified atom stereocenters. The van der Waals surface area contributed by atoms with Crippen LogP contribution in [0.15, 0.2) is 0 Å². The number of nitrogens with one attached hydrogen (secondary N) is 1. The third-order valence-electron chi connectivity index (χ3n) is 3.88. The Hall–Kier alpha value is -1.14. The van der Waals surface area contributed by atoms with Gasteiger partial charge < -0.3 is 21.3 Å². The molecule has 0 aromatic carbocycles. The van der Waals surface area contributed by atoms with Gasteiger partial charge in [0.1, 0.15) is 12.1 Å². The molecule has 0 aliphatic heterocycles. The van der Waals surface area contributed by atoms with Gasteiger partial charge in [0, 0.05) is 6.04 Å². The van der Waals surface area contributed by atoms with Gasteiger partial charge in [-0.3, -0.25) is 9.59 Å². The standard InChI is InChI=1S/C13H24N2O4/c1-13(2)5-3-8(4-6-13)15-10(12(18)19)7-9(14)11(16)17/h8-10,15H,3-7,14H2,1-2H3,(H,16,17)(H,18,19)/t9?,10-/m0/s1. The molecule has 2 atom stereocenters. The lowest BCUT2D eigenvalue weighted by Gasteiger charge is -2.36. The number of rotatable bonds is 6. The van der Waals surface area contributed by atoms with Crippen LogP contribution in [0.2, 0.25) is 0 Å². The fraction of sp³-hybridized carbons (Fsp3) is 0.846. The Labute approximate surface area is 113 Å². The molecule has 0 spiro atoms. The topological polar surface area (TPSA) is 113 Å². The first kappa shape index (κ1) is 15.9. The molecule has 1 aliphatic rings. The molecule has 19 heavy (non-hydrogen) atoms. The Balaban J connectivity index is 2.51. The van der Waals surface area contributed by atoms with Gasteiger partial charge in [0.25, 0.3) is 0 Å². The summed E-state index contributed by atoms with van der Waals surface area (Å²) in [5.41, 5.74) is 5.71. The van der Waals surface area contributed by atoms with E-state index in [-0.39, 0.29) is 12.5 Å². The van der Waals surface area contributed by atoms with E-state index in [1.165, 1.54) is 0 Å². The molecule has 1 aliphatic carbocycles. The molecule has 0 heterocycles. The summed E-state index contributed by atoms with van der Waals surface area (Å²) >= 11 is 0. The monoisotopic (exact) mass is 272 g/mol.